The van der Waals surface area contributed by atoms with E-state index in [2.05, 4.69) is 15.9 Å². The first-order chi connectivity index (χ1) is 8.41. The van der Waals surface area contributed by atoms with E-state index < -0.39 is 11.7 Å². The van der Waals surface area contributed by atoms with Gasteiger partial charge in [-0.1, -0.05) is 30.3 Å². The fourth-order valence-corrected chi connectivity index (χ4v) is 2.06. The summed E-state index contributed by atoms with van der Waals surface area (Å²) in [5.41, 5.74) is -0.653. The third-order valence-corrected chi connectivity index (χ3v) is 3.15. The SMILES string of the molecule is Oc1c(Br)cccc1-c1ccccc1C(F)(F)F. The maximum atomic E-state index is 12.9. The van der Waals surface area contributed by atoms with Gasteiger partial charge in [0.2, 0.25) is 0 Å². The molecule has 0 bridgehead atoms. The summed E-state index contributed by atoms with van der Waals surface area (Å²) in [6, 6.07) is 9.75. The summed E-state index contributed by atoms with van der Waals surface area (Å²) in [7, 11) is 0. The van der Waals surface area contributed by atoms with Crippen molar-refractivity contribution in [3.63, 3.8) is 0 Å². The maximum Gasteiger partial charge on any atom is 0.417 e. The number of halogens is 4. The Labute approximate surface area is 110 Å². The highest BCUT2D eigenvalue weighted by Crippen LogP contribution is 2.41. The lowest BCUT2D eigenvalue weighted by atomic mass is 9.98. The van der Waals surface area contributed by atoms with Crippen LogP contribution in [0.15, 0.2) is 46.9 Å². The van der Waals surface area contributed by atoms with Crippen LogP contribution < -0.4 is 0 Å². The molecule has 0 fully saturated rings. The Morgan fingerprint density at radius 2 is 1.50 bits per heavy atom. The number of benzene rings is 2. The van der Waals surface area contributed by atoms with Crippen LogP contribution in [0.1, 0.15) is 5.56 Å². The minimum Gasteiger partial charge on any atom is -0.506 e. The van der Waals surface area contributed by atoms with Gasteiger partial charge in [0.05, 0.1) is 10.0 Å². The Morgan fingerprint density at radius 3 is 2.17 bits per heavy atom. The Balaban J connectivity index is 2.69. The molecule has 2 aromatic rings. The van der Waals surface area contributed by atoms with Gasteiger partial charge in [-0.2, -0.15) is 13.2 Å². The predicted octanol–water partition coefficient (Wildman–Crippen LogP) is 4.84. The summed E-state index contributed by atoms with van der Waals surface area (Å²) >= 11 is 3.09. The second-order valence-electron chi connectivity index (χ2n) is 3.68. The lowest BCUT2D eigenvalue weighted by Crippen LogP contribution is -2.06. The van der Waals surface area contributed by atoms with Crippen LogP contribution in [0.4, 0.5) is 13.2 Å². The van der Waals surface area contributed by atoms with Gasteiger partial charge in [0, 0.05) is 5.56 Å². The van der Waals surface area contributed by atoms with Crippen LogP contribution >= 0.6 is 15.9 Å². The number of rotatable bonds is 1. The number of aromatic hydroxyl groups is 1. The first-order valence-corrected chi connectivity index (χ1v) is 5.84. The molecule has 0 radical (unpaired) electrons. The van der Waals surface area contributed by atoms with E-state index in [-0.39, 0.29) is 16.9 Å². The molecule has 0 saturated carbocycles. The third-order valence-electron chi connectivity index (χ3n) is 2.51. The van der Waals surface area contributed by atoms with Crippen LogP contribution in [0.2, 0.25) is 0 Å². The summed E-state index contributed by atoms with van der Waals surface area (Å²) < 4.78 is 39.0. The first kappa shape index (κ1) is 13.0. The van der Waals surface area contributed by atoms with Crippen LogP contribution in [-0.4, -0.2) is 5.11 Å². The van der Waals surface area contributed by atoms with Crippen molar-refractivity contribution in [1.29, 1.82) is 0 Å². The molecular formula is C13H8BrF3O. The molecule has 2 rings (SSSR count). The van der Waals surface area contributed by atoms with Gasteiger partial charge in [-0.25, -0.2) is 0 Å². The molecule has 0 aliphatic rings. The normalized spacial score (nSPS) is 11.6. The molecule has 18 heavy (non-hydrogen) atoms. The number of hydrogen-bond acceptors (Lipinski definition) is 1. The summed E-state index contributed by atoms with van der Waals surface area (Å²) in [6.07, 6.45) is -4.45. The topological polar surface area (TPSA) is 20.2 Å². The van der Waals surface area contributed by atoms with E-state index in [0.717, 1.165) is 6.07 Å². The minimum atomic E-state index is -4.45. The molecule has 0 aliphatic heterocycles. The number of alkyl halides is 3. The van der Waals surface area contributed by atoms with Crippen molar-refractivity contribution in [3.8, 4) is 16.9 Å². The monoisotopic (exact) mass is 316 g/mol. The van der Waals surface area contributed by atoms with E-state index in [1.165, 1.54) is 24.3 Å². The highest BCUT2D eigenvalue weighted by Gasteiger charge is 2.33. The lowest BCUT2D eigenvalue weighted by molar-refractivity contribution is -0.137. The third kappa shape index (κ3) is 2.36. The van der Waals surface area contributed by atoms with E-state index >= 15 is 0 Å². The highest BCUT2D eigenvalue weighted by atomic mass is 79.9. The molecule has 0 aliphatic carbocycles. The molecule has 0 spiro atoms. The average molecular weight is 317 g/mol. The molecule has 0 heterocycles. The average Bonchev–Trinajstić information content (AvgIpc) is 2.32. The number of phenols is 1. The zero-order valence-corrected chi connectivity index (χ0v) is 10.6. The summed E-state index contributed by atoms with van der Waals surface area (Å²) in [4.78, 5) is 0. The molecule has 1 N–H and O–H groups in total. The number of phenolic OH excluding ortho intramolecular Hbond substituents is 1. The Morgan fingerprint density at radius 1 is 0.889 bits per heavy atom. The van der Waals surface area contributed by atoms with Crippen LogP contribution in [0.25, 0.3) is 11.1 Å². The van der Waals surface area contributed by atoms with E-state index in [1.807, 2.05) is 0 Å². The van der Waals surface area contributed by atoms with E-state index in [0.29, 0.717) is 4.47 Å². The van der Waals surface area contributed by atoms with Gasteiger partial charge in [0.1, 0.15) is 5.75 Å². The summed E-state index contributed by atoms with van der Waals surface area (Å²) in [5.74, 6) is -0.200. The smallest absolute Gasteiger partial charge is 0.417 e. The fourth-order valence-electron chi connectivity index (χ4n) is 1.70. The van der Waals surface area contributed by atoms with Gasteiger partial charge in [0.25, 0.3) is 0 Å². The first-order valence-electron chi connectivity index (χ1n) is 5.05. The molecule has 0 saturated heterocycles. The van der Waals surface area contributed by atoms with Gasteiger partial charge in [-0.15, -0.1) is 0 Å². The predicted molar refractivity (Wildman–Crippen MR) is 66.2 cm³/mol. The van der Waals surface area contributed by atoms with Crippen LogP contribution in [0, 0.1) is 0 Å². The molecule has 0 aromatic heterocycles. The van der Waals surface area contributed by atoms with Crippen LogP contribution in [0.3, 0.4) is 0 Å². The van der Waals surface area contributed by atoms with Gasteiger partial charge in [-0.05, 0) is 33.6 Å². The zero-order valence-electron chi connectivity index (χ0n) is 9.00. The summed E-state index contributed by atoms with van der Waals surface area (Å²) in [5, 5.41) is 9.83. The number of para-hydroxylation sites is 1. The second-order valence-corrected chi connectivity index (χ2v) is 4.53. The van der Waals surface area contributed by atoms with Gasteiger partial charge in [0.15, 0.2) is 0 Å². The molecular weight excluding hydrogens is 309 g/mol. The number of hydrogen-bond donors (Lipinski definition) is 1. The molecule has 94 valence electrons. The van der Waals surface area contributed by atoms with E-state index in [1.54, 1.807) is 12.1 Å². The van der Waals surface area contributed by atoms with Crippen molar-refractivity contribution in [2.75, 3.05) is 0 Å². The van der Waals surface area contributed by atoms with Crippen molar-refractivity contribution in [2.45, 2.75) is 6.18 Å². The molecule has 5 heteroatoms. The summed E-state index contributed by atoms with van der Waals surface area (Å²) in [6.45, 7) is 0. The fraction of sp³-hybridized carbons (Fsp3) is 0.0769. The van der Waals surface area contributed by atoms with Crippen molar-refractivity contribution in [3.05, 3.63) is 52.5 Å². The van der Waals surface area contributed by atoms with Crippen LogP contribution in [-0.2, 0) is 6.18 Å². The highest BCUT2D eigenvalue weighted by molar-refractivity contribution is 9.10. The van der Waals surface area contributed by atoms with Crippen molar-refractivity contribution < 1.29 is 18.3 Å². The standard InChI is InChI=1S/C13H8BrF3O/c14-11-7-3-5-9(12(11)18)8-4-1-2-6-10(8)13(15,16)17/h1-7,18H. The Hall–Kier alpha value is -1.49. The molecule has 0 amide bonds. The maximum absolute atomic E-state index is 12.9. The van der Waals surface area contributed by atoms with Crippen molar-refractivity contribution in [1.82, 2.24) is 0 Å². The molecule has 2 aromatic carbocycles. The van der Waals surface area contributed by atoms with E-state index in [4.69, 9.17) is 0 Å². The molecule has 1 nitrogen and oxygen atoms in total. The molecule has 0 atom stereocenters. The quantitative estimate of drug-likeness (QED) is 0.798. The Kier molecular flexibility index (Phi) is 3.34. The zero-order chi connectivity index (χ0) is 13.3. The van der Waals surface area contributed by atoms with E-state index in [9.17, 15) is 18.3 Å². The van der Waals surface area contributed by atoms with Gasteiger partial charge >= 0.3 is 6.18 Å². The van der Waals surface area contributed by atoms with Crippen molar-refractivity contribution in [2.24, 2.45) is 0 Å². The van der Waals surface area contributed by atoms with Crippen molar-refractivity contribution >= 4 is 15.9 Å². The van der Waals surface area contributed by atoms with Gasteiger partial charge < -0.3 is 5.11 Å². The van der Waals surface area contributed by atoms with Gasteiger partial charge in [-0.3, -0.25) is 0 Å². The lowest BCUT2D eigenvalue weighted by Gasteiger charge is -2.14. The van der Waals surface area contributed by atoms with Crippen LogP contribution in [0.5, 0.6) is 5.75 Å². The minimum absolute atomic E-state index is 0.0381. The second kappa shape index (κ2) is 4.65. The Bertz CT molecular complexity index is 579. The molecule has 0 unspecified atom stereocenters. The largest absolute Gasteiger partial charge is 0.506 e.